The molecule has 0 radical (unpaired) electrons. The van der Waals surface area contributed by atoms with Crippen molar-refractivity contribution in [1.82, 2.24) is 29.5 Å². The Morgan fingerprint density at radius 1 is 1.14 bits per heavy atom. The van der Waals surface area contributed by atoms with Gasteiger partial charge in [-0.15, -0.1) is 0 Å². The molecule has 0 bridgehead atoms. The number of nitrogens with zero attached hydrogens (tertiary/aromatic N) is 5. The van der Waals surface area contributed by atoms with Gasteiger partial charge in [0, 0.05) is 36.8 Å². The van der Waals surface area contributed by atoms with E-state index < -0.39 is 17.8 Å². The fraction of sp³-hybridized carbons (Fsp3) is 0.389. The number of H-pyrrole nitrogens is 1. The van der Waals surface area contributed by atoms with Gasteiger partial charge in [-0.1, -0.05) is 0 Å². The minimum Gasteiger partial charge on any atom is -0.337 e. The van der Waals surface area contributed by atoms with Crippen LogP contribution in [0, 0.1) is 13.8 Å². The van der Waals surface area contributed by atoms with Gasteiger partial charge in [-0.2, -0.15) is 18.3 Å². The fourth-order valence-electron chi connectivity index (χ4n) is 3.50. The summed E-state index contributed by atoms with van der Waals surface area (Å²) in [5.74, 6) is -0.0164. The monoisotopic (exact) mass is 406 g/mol. The van der Waals surface area contributed by atoms with Crippen molar-refractivity contribution >= 4 is 11.6 Å². The number of aromatic nitrogens is 5. The number of rotatable bonds is 1. The average molecular weight is 406 g/mol. The molecule has 1 amide bonds. The van der Waals surface area contributed by atoms with E-state index in [-0.39, 0.29) is 35.7 Å². The summed E-state index contributed by atoms with van der Waals surface area (Å²) in [5.41, 5.74) is -0.0666. The highest BCUT2D eigenvalue weighted by atomic mass is 19.4. The van der Waals surface area contributed by atoms with Crippen LogP contribution in [0.4, 0.5) is 13.2 Å². The van der Waals surface area contributed by atoms with Gasteiger partial charge in [0.25, 0.3) is 11.5 Å². The second-order valence-corrected chi connectivity index (χ2v) is 6.95. The van der Waals surface area contributed by atoms with Gasteiger partial charge in [0.2, 0.25) is 0 Å². The van der Waals surface area contributed by atoms with Crippen LogP contribution < -0.4 is 5.56 Å². The topological polar surface area (TPSA) is 96.3 Å². The molecular weight excluding hydrogens is 389 g/mol. The van der Waals surface area contributed by atoms with Gasteiger partial charge in [0.05, 0.1) is 5.69 Å². The molecule has 11 heteroatoms. The predicted molar refractivity (Wildman–Crippen MR) is 95.6 cm³/mol. The molecule has 152 valence electrons. The van der Waals surface area contributed by atoms with Crippen molar-refractivity contribution in [3.63, 3.8) is 0 Å². The van der Waals surface area contributed by atoms with Crippen molar-refractivity contribution in [3.8, 4) is 0 Å². The zero-order valence-electron chi connectivity index (χ0n) is 15.7. The largest absolute Gasteiger partial charge is 0.433 e. The van der Waals surface area contributed by atoms with Crippen molar-refractivity contribution in [3.05, 3.63) is 56.7 Å². The Labute approximate surface area is 162 Å². The van der Waals surface area contributed by atoms with Crippen LogP contribution in [0.2, 0.25) is 0 Å². The Balaban J connectivity index is 1.66. The summed E-state index contributed by atoms with van der Waals surface area (Å²) < 4.78 is 40.6. The van der Waals surface area contributed by atoms with Crippen LogP contribution in [0.15, 0.2) is 16.9 Å². The first kappa shape index (κ1) is 19.1. The predicted octanol–water partition coefficient (Wildman–Crippen LogP) is 1.69. The van der Waals surface area contributed by atoms with E-state index in [1.165, 1.54) is 17.9 Å². The molecule has 1 N–H and O–H groups in total. The smallest absolute Gasteiger partial charge is 0.337 e. The summed E-state index contributed by atoms with van der Waals surface area (Å²) in [6.45, 7) is 3.65. The molecule has 0 fully saturated rings. The quantitative estimate of drug-likeness (QED) is 0.664. The Morgan fingerprint density at radius 2 is 1.86 bits per heavy atom. The van der Waals surface area contributed by atoms with Crippen LogP contribution in [0.3, 0.4) is 0 Å². The van der Waals surface area contributed by atoms with Crippen LogP contribution in [0.1, 0.15) is 39.0 Å². The summed E-state index contributed by atoms with van der Waals surface area (Å²) in [5, 5.41) is 3.87. The molecule has 0 spiro atoms. The zero-order chi connectivity index (χ0) is 20.9. The third-order valence-corrected chi connectivity index (χ3v) is 4.82. The van der Waals surface area contributed by atoms with E-state index >= 15 is 0 Å². The van der Waals surface area contributed by atoms with Crippen molar-refractivity contribution in [1.29, 1.82) is 0 Å². The van der Waals surface area contributed by atoms with Gasteiger partial charge in [-0.05, 0) is 26.3 Å². The van der Waals surface area contributed by atoms with Crippen LogP contribution in [0.5, 0.6) is 0 Å². The normalized spacial score (nSPS) is 14.7. The maximum atomic E-state index is 13.3. The Morgan fingerprint density at radius 3 is 2.59 bits per heavy atom. The number of amides is 1. The Bertz CT molecular complexity index is 1180. The first-order valence-corrected chi connectivity index (χ1v) is 8.96. The average Bonchev–Trinajstić information content (AvgIpc) is 2.92. The molecule has 0 unspecified atom stereocenters. The molecular formula is C18H17F3N6O2. The van der Waals surface area contributed by atoms with Gasteiger partial charge in [0.1, 0.15) is 11.5 Å². The lowest BCUT2D eigenvalue weighted by Gasteiger charge is -2.18. The molecule has 4 rings (SSSR count). The van der Waals surface area contributed by atoms with Crippen molar-refractivity contribution in [2.45, 2.75) is 32.9 Å². The number of aryl methyl sites for hydroxylation is 2. The SMILES string of the molecule is Cc1cc(C(F)(F)F)n2nc(C(=O)N3CCc4nc(C)[nH]c(=O)c4CC3)cc2n1. The summed E-state index contributed by atoms with van der Waals surface area (Å²) in [4.78, 5) is 37.5. The maximum Gasteiger partial charge on any atom is 0.433 e. The number of halogens is 3. The highest BCUT2D eigenvalue weighted by Crippen LogP contribution is 2.30. The minimum atomic E-state index is -4.63. The molecule has 0 aromatic carbocycles. The number of alkyl halides is 3. The summed E-state index contributed by atoms with van der Waals surface area (Å²) >= 11 is 0. The van der Waals surface area contributed by atoms with Crippen molar-refractivity contribution in [2.24, 2.45) is 0 Å². The third-order valence-electron chi connectivity index (χ3n) is 4.82. The fourth-order valence-corrected chi connectivity index (χ4v) is 3.50. The van der Waals surface area contributed by atoms with Crippen molar-refractivity contribution in [2.75, 3.05) is 13.1 Å². The second-order valence-electron chi connectivity index (χ2n) is 6.95. The lowest BCUT2D eigenvalue weighted by molar-refractivity contribution is -0.142. The highest BCUT2D eigenvalue weighted by molar-refractivity contribution is 5.93. The van der Waals surface area contributed by atoms with Crippen LogP contribution in [-0.4, -0.2) is 48.5 Å². The highest BCUT2D eigenvalue weighted by Gasteiger charge is 2.35. The first-order valence-electron chi connectivity index (χ1n) is 8.96. The molecule has 0 saturated heterocycles. The molecule has 8 nitrogen and oxygen atoms in total. The third kappa shape index (κ3) is 3.47. The van der Waals surface area contributed by atoms with Crippen molar-refractivity contribution < 1.29 is 18.0 Å². The summed E-state index contributed by atoms with van der Waals surface area (Å²) in [6, 6.07) is 2.13. The van der Waals surface area contributed by atoms with Crippen LogP contribution in [0.25, 0.3) is 5.65 Å². The standard InChI is InChI=1S/C18H17F3N6O2/c1-9-7-14(18(19,20)21)27-15(22-9)8-13(25-27)17(29)26-5-3-11-12(4-6-26)23-10(2)24-16(11)28/h7-8H,3-6H2,1-2H3,(H,23,24,28). The van der Waals surface area contributed by atoms with E-state index in [9.17, 15) is 22.8 Å². The molecule has 0 saturated carbocycles. The van der Waals surface area contributed by atoms with Crippen LogP contribution >= 0.6 is 0 Å². The molecule has 0 atom stereocenters. The molecule has 1 aliphatic heterocycles. The molecule has 3 aromatic rings. The number of aromatic amines is 1. The number of fused-ring (bicyclic) bond motifs is 2. The number of hydrogen-bond acceptors (Lipinski definition) is 5. The maximum absolute atomic E-state index is 13.3. The molecule has 1 aliphatic rings. The number of carbonyl (C=O) groups is 1. The number of nitrogens with one attached hydrogen (secondary N) is 1. The van der Waals surface area contributed by atoms with E-state index in [2.05, 4.69) is 20.1 Å². The number of carbonyl (C=O) groups excluding carboxylic acids is 1. The molecule has 4 heterocycles. The van der Waals surface area contributed by atoms with E-state index in [0.717, 1.165) is 6.07 Å². The van der Waals surface area contributed by atoms with Gasteiger partial charge in [0.15, 0.2) is 11.3 Å². The van der Waals surface area contributed by atoms with Crippen LogP contribution in [-0.2, 0) is 19.0 Å². The second kappa shape index (κ2) is 6.68. The van der Waals surface area contributed by atoms with E-state index in [4.69, 9.17) is 0 Å². The first-order chi connectivity index (χ1) is 13.6. The van der Waals surface area contributed by atoms with Gasteiger partial charge < -0.3 is 9.88 Å². The summed E-state index contributed by atoms with van der Waals surface area (Å²) in [6.07, 6.45) is -3.94. The molecule has 3 aromatic heterocycles. The Hall–Kier alpha value is -3.24. The molecule has 29 heavy (non-hydrogen) atoms. The lowest BCUT2D eigenvalue weighted by atomic mass is 10.1. The minimum absolute atomic E-state index is 0.0486. The van der Waals surface area contributed by atoms with E-state index in [1.54, 1.807) is 6.92 Å². The van der Waals surface area contributed by atoms with Gasteiger partial charge >= 0.3 is 6.18 Å². The number of hydrogen-bond donors (Lipinski definition) is 1. The van der Waals surface area contributed by atoms with E-state index in [1.807, 2.05) is 0 Å². The lowest BCUT2D eigenvalue weighted by Crippen LogP contribution is -2.33. The molecule has 0 aliphatic carbocycles. The van der Waals surface area contributed by atoms with Gasteiger partial charge in [-0.25, -0.2) is 14.5 Å². The summed E-state index contributed by atoms with van der Waals surface area (Å²) in [7, 11) is 0. The Kier molecular flexibility index (Phi) is 4.39. The van der Waals surface area contributed by atoms with Gasteiger partial charge in [-0.3, -0.25) is 9.59 Å². The van der Waals surface area contributed by atoms with E-state index in [0.29, 0.717) is 34.4 Å². The zero-order valence-corrected chi connectivity index (χ0v) is 15.7.